The minimum Gasteiger partial charge on any atom is -1.00 e. The van der Waals surface area contributed by atoms with Gasteiger partial charge in [0, 0.05) is 76.9 Å². The molecule has 216 valence electrons. The van der Waals surface area contributed by atoms with E-state index in [0.29, 0.717) is 26.2 Å². The Morgan fingerprint density at radius 3 is 2.03 bits per heavy atom. The van der Waals surface area contributed by atoms with Gasteiger partial charge in [0.1, 0.15) is 5.82 Å². The predicted octanol–water partition coefficient (Wildman–Crippen LogP) is -3.23. The summed E-state index contributed by atoms with van der Waals surface area (Å²) in [4.78, 5) is 15.2. The van der Waals surface area contributed by atoms with Crippen molar-refractivity contribution in [3.63, 3.8) is 0 Å². The van der Waals surface area contributed by atoms with Gasteiger partial charge in [-0.15, -0.1) is 11.3 Å². The SMILES string of the molecule is CS(=O)(=O)N1CCNCC1.Cc1nc(N2CCOCC2)c2sc(CN3CCN(S(C)(=O)=O)CC3)cc2n1.[Cl-]. The summed E-state index contributed by atoms with van der Waals surface area (Å²) in [5.74, 6) is 1.80. The van der Waals surface area contributed by atoms with Crippen LogP contribution in [0.3, 0.4) is 0 Å². The lowest BCUT2D eigenvalue weighted by atomic mass is 10.3. The molecule has 1 N–H and O–H groups in total. The molecule has 3 fully saturated rings. The second kappa shape index (κ2) is 13.5. The van der Waals surface area contributed by atoms with E-state index in [-0.39, 0.29) is 12.4 Å². The Morgan fingerprint density at radius 2 is 1.47 bits per heavy atom. The van der Waals surface area contributed by atoms with Crippen LogP contribution in [0.4, 0.5) is 5.82 Å². The van der Waals surface area contributed by atoms with Crippen molar-refractivity contribution in [2.24, 2.45) is 0 Å². The summed E-state index contributed by atoms with van der Waals surface area (Å²) >= 11 is 1.75. The van der Waals surface area contributed by atoms with E-state index in [1.54, 1.807) is 15.6 Å². The zero-order chi connectivity index (χ0) is 26.6. The van der Waals surface area contributed by atoms with Crippen molar-refractivity contribution in [1.29, 1.82) is 0 Å². The second-order valence-electron chi connectivity index (χ2n) is 9.47. The zero-order valence-corrected chi connectivity index (χ0v) is 25.3. The van der Waals surface area contributed by atoms with Gasteiger partial charge in [-0.25, -0.2) is 26.8 Å². The van der Waals surface area contributed by atoms with Crippen molar-refractivity contribution in [1.82, 2.24) is 28.8 Å². The Morgan fingerprint density at radius 1 is 0.895 bits per heavy atom. The number of aromatic nitrogens is 2. The maximum absolute atomic E-state index is 11.7. The van der Waals surface area contributed by atoms with Gasteiger partial charge in [0.2, 0.25) is 20.0 Å². The van der Waals surface area contributed by atoms with Gasteiger partial charge in [0.05, 0.1) is 35.9 Å². The number of halogens is 1. The van der Waals surface area contributed by atoms with Gasteiger partial charge in [-0.05, 0) is 13.0 Å². The highest BCUT2D eigenvalue weighted by Gasteiger charge is 2.24. The number of thiophene rings is 1. The summed E-state index contributed by atoms with van der Waals surface area (Å²) in [5.41, 5.74) is 0.999. The van der Waals surface area contributed by atoms with E-state index in [4.69, 9.17) is 9.72 Å². The van der Waals surface area contributed by atoms with Crippen LogP contribution in [-0.4, -0.2) is 131 Å². The molecule has 0 radical (unpaired) electrons. The molecule has 0 spiro atoms. The van der Waals surface area contributed by atoms with E-state index in [2.05, 4.69) is 26.2 Å². The predicted molar refractivity (Wildman–Crippen MR) is 146 cm³/mol. The van der Waals surface area contributed by atoms with Gasteiger partial charge in [0.15, 0.2) is 5.82 Å². The minimum absolute atomic E-state index is 0. The fraction of sp³-hybridized carbons (Fsp3) is 0.727. The first-order chi connectivity index (χ1) is 17.5. The van der Waals surface area contributed by atoms with E-state index < -0.39 is 20.0 Å². The summed E-state index contributed by atoms with van der Waals surface area (Å²) < 4.78 is 54.8. The Labute approximate surface area is 235 Å². The third-order valence-corrected chi connectivity index (χ3v) is 10.3. The molecule has 0 unspecified atom stereocenters. The van der Waals surface area contributed by atoms with Crippen LogP contribution >= 0.6 is 11.3 Å². The smallest absolute Gasteiger partial charge is 0.211 e. The van der Waals surface area contributed by atoms with Gasteiger partial charge >= 0.3 is 0 Å². The number of nitrogens with one attached hydrogen (secondary N) is 1. The van der Waals surface area contributed by atoms with Gasteiger partial charge in [-0.3, -0.25) is 4.90 Å². The first-order valence-electron chi connectivity index (χ1n) is 12.4. The molecule has 0 atom stereocenters. The molecule has 0 aromatic carbocycles. The molecule has 0 aliphatic carbocycles. The van der Waals surface area contributed by atoms with Crippen LogP contribution in [0.25, 0.3) is 10.2 Å². The molecule has 5 rings (SSSR count). The summed E-state index contributed by atoms with van der Waals surface area (Å²) in [6, 6.07) is 2.15. The second-order valence-corrected chi connectivity index (χ2v) is 14.6. The molecule has 3 aliphatic heterocycles. The fourth-order valence-corrected chi connectivity index (χ4v) is 7.39. The lowest BCUT2D eigenvalue weighted by molar-refractivity contribution is -0.0000139. The van der Waals surface area contributed by atoms with Crippen molar-refractivity contribution < 1.29 is 34.0 Å². The van der Waals surface area contributed by atoms with Crippen LogP contribution in [-0.2, 0) is 31.3 Å². The van der Waals surface area contributed by atoms with Crippen molar-refractivity contribution in [3.8, 4) is 0 Å². The number of anilines is 1. The van der Waals surface area contributed by atoms with Crippen LogP contribution < -0.4 is 22.6 Å². The highest BCUT2D eigenvalue weighted by molar-refractivity contribution is 7.88. The first-order valence-corrected chi connectivity index (χ1v) is 16.9. The molecule has 2 aromatic rings. The van der Waals surface area contributed by atoms with Crippen LogP contribution in [0.1, 0.15) is 10.7 Å². The Hall–Kier alpha value is -1.17. The van der Waals surface area contributed by atoms with Crippen molar-refractivity contribution >= 4 is 47.4 Å². The Balaban J connectivity index is 0.000000308. The van der Waals surface area contributed by atoms with Crippen LogP contribution in [0, 0.1) is 6.92 Å². The number of ether oxygens (including phenoxy) is 1. The molecular weight excluding hydrogens is 574 g/mol. The van der Waals surface area contributed by atoms with E-state index in [0.717, 1.165) is 80.9 Å². The van der Waals surface area contributed by atoms with Crippen LogP contribution in [0.5, 0.6) is 0 Å². The average molecular weight is 611 g/mol. The van der Waals surface area contributed by atoms with Crippen LogP contribution in [0.2, 0.25) is 0 Å². The molecule has 38 heavy (non-hydrogen) atoms. The molecule has 0 bridgehead atoms. The monoisotopic (exact) mass is 610 g/mol. The number of hydrogen-bond donors (Lipinski definition) is 1. The third-order valence-electron chi connectivity index (χ3n) is 6.55. The van der Waals surface area contributed by atoms with E-state index >= 15 is 0 Å². The largest absolute Gasteiger partial charge is 1.00 e. The summed E-state index contributed by atoms with van der Waals surface area (Å²) in [5, 5.41) is 3.08. The van der Waals surface area contributed by atoms with Gasteiger partial charge in [-0.1, -0.05) is 0 Å². The van der Waals surface area contributed by atoms with E-state index in [1.165, 1.54) is 21.7 Å². The number of aryl methyl sites for hydroxylation is 1. The highest BCUT2D eigenvalue weighted by Crippen LogP contribution is 2.33. The maximum Gasteiger partial charge on any atom is 0.211 e. The van der Waals surface area contributed by atoms with Gasteiger partial charge in [0.25, 0.3) is 0 Å². The van der Waals surface area contributed by atoms with Gasteiger partial charge < -0.3 is 27.4 Å². The summed E-state index contributed by atoms with van der Waals surface area (Å²) in [7, 11) is -6.02. The maximum atomic E-state index is 11.7. The number of rotatable bonds is 5. The number of sulfonamides is 2. The first kappa shape index (κ1) is 31.4. The van der Waals surface area contributed by atoms with Crippen molar-refractivity contribution in [3.05, 3.63) is 16.8 Å². The number of piperazine rings is 2. The topological polar surface area (TPSA) is 128 Å². The fourth-order valence-electron chi connectivity index (χ4n) is 4.56. The minimum atomic E-state index is -3.09. The zero-order valence-electron chi connectivity index (χ0n) is 22.1. The lowest BCUT2D eigenvalue weighted by Crippen LogP contribution is -3.00. The number of nitrogens with zero attached hydrogens (tertiary/aromatic N) is 6. The highest BCUT2D eigenvalue weighted by atomic mass is 35.5. The average Bonchev–Trinajstić information content (AvgIpc) is 3.26. The Bertz CT molecular complexity index is 1270. The molecule has 2 aromatic heterocycles. The standard InChI is InChI=1S/C17H25N5O3S2.C5H12N2O2S.ClH/c1-13-18-15-11-14(12-20-3-5-22(6-4-20)27(2,23)24)26-16(15)17(19-13)21-7-9-25-10-8-21;1-10(8,9)7-4-2-6-3-5-7;/h11H,3-10,12H2,1-2H3;6H,2-5H2,1H3;1H/p-1. The summed E-state index contributed by atoms with van der Waals surface area (Å²) in [6.07, 6.45) is 2.53. The lowest BCUT2D eigenvalue weighted by Gasteiger charge is -2.32. The normalized spacial score (nSPS) is 20.6. The molecule has 5 heterocycles. The molecule has 0 amide bonds. The number of hydrogen-bond acceptors (Lipinski definition) is 11. The molecule has 3 saturated heterocycles. The summed E-state index contributed by atoms with van der Waals surface area (Å²) in [6.45, 7) is 11.3. The number of morpholine rings is 1. The third kappa shape index (κ3) is 8.41. The van der Waals surface area contributed by atoms with Gasteiger partial charge in [-0.2, -0.15) is 8.61 Å². The molecule has 3 aliphatic rings. The molecule has 16 heteroatoms. The van der Waals surface area contributed by atoms with Crippen LogP contribution in [0.15, 0.2) is 6.07 Å². The molecule has 0 saturated carbocycles. The quantitative estimate of drug-likeness (QED) is 0.369. The Kier molecular flexibility index (Phi) is 11.1. The van der Waals surface area contributed by atoms with Crippen molar-refractivity contribution in [2.75, 3.05) is 96.1 Å². The van der Waals surface area contributed by atoms with E-state index in [9.17, 15) is 16.8 Å². The molecular formula is C22H37ClN7O5S3-. The van der Waals surface area contributed by atoms with E-state index in [1.807, 2.05) is 6.92 Å². The molecule has 12 nitrogen and oxygen atoms in total. The number of fused-ring (bicyclic) bond motifs is 1. The van der Waals surface area contributed by atoms with Crippen molar-refractivity contribution in [2.45, 2.75) is 13.5 Å².